The standard InChI is InChI=1S/C19H23N3O2/c1-24-18-10-6-5-9-17(18)22-13-11-21(12-14-22)15-19(23)20-16-7-3-2-4-8-16/h2-10H,11-15H2,1H3,(H,20,23)/p+1. The van der Waals surface area contributed by atoms with Crippen molar-refractivity contribution in [3.63, 3.8) is 0 Å². The number of nitrogens with zero attached hydrogens (tertiary/aromatic N) is 1. The van der Waals surface area contributed by atoms with Crippen LogP contribution in [-0.2, 0) is 4.79 Å². The minimum absolute atomic E-state index is 0.0712. The monoisotopic (exact) mass is 326 g/mol. The SMILES string of the molecule is COc1ccccc1N1CC[NH+](CC(=O)Nc2ccccc2)CC1. The first-order valence-electron chi connectivity index (χ1n) is 8.32. The molecule has 5 heteroatoms. The first-order chi connectivity index (χ1) is 11.8. The third-order valence-electron chi connectivity index (χ3n) is 4.36. The molecule has 2 aromatic rings. The number of piperazine rings is 1. The fourth-order valence-electron chi connectivity index (χ4n) is 3.09. The van der Waals surface area contributed by atoms with Gasteiger partial charge in [0, 0.05) is 5.69 Å². The quantitative estimate of drug-likeness (QED) is 0.863. The summed E-state index contributed by atoms with van der Waals surface area (Å²) in [5, 5.41) is 2.96. The third kappa shape index (κ3) is 4.06. The molecule has 2 aromatic carbocycles. The molecule has 1 heterocycles. The number of benzene rings is 2. The minimum Gasteiger partial charge on any atom is -0.495 e. The van der Waals surface area contributed by atoms with Crippen LogP contribution in [0, 0.1) is 0 Å². The first-order valence-corrected chi connectivity index (χ1v) is 8.32. The Hall–Kier alpha value is -2.53. The van der Waals surface area contributed by atoms with Crippen molar-refractivity contribution in [1.82, 2.24) is 0 Å². The fraction of sp³-hybridized carbons (Fsp3) is 0.316. The second kappa shape index (κ2) is 7.84. The summed E-state index contributed by atoms with van der Waals surface area (Å²) >= 11 is 0. The van der Waals surface area contributed by atoms with Gasteiger partial charge in [0.1, 0.15) is 5.75 Å². The lowest BCUT2D eigenvalue weighted by molar-refractivity contribution is -0.892. The van der Waals surface area contributed by atoms with Crippen LogP contribution in [0.1, 0.15) is 0 Å². The molecule has 0 aliphatic carbocycles. The van der Waals surface area contributed by atoms with Gasteiger partial charge in [-0.15, -0.1) is 0 Å². The van der Waals surface area contributed by atoms with Crippen molar-refractivity contribution in [3.8, 4) is 5.75 Å². The number of methoxy groups -OCH3 is 1. The summed E-state index contributed by atoms with van der Waals surface area (Å²) < 4.78 is 5.44. The zero-order valence-corrected chi connectivity index (χ0v) is 14.0. The summed E-state index contributed by atoms with van der Waals surface area (Å²) in [6, 6.07) is 17.7. The Morgan fingerprint density at radius 3 is 2.46 bits per heavy atom. The van der Waals surface area contributed by atoms with Gasteiger partial charge in [-0.1, -0.05) is 30.3 Å². The number of nitrogens with one attached hydrogen (secondary N) is 2. The minimum atomic E-state index is 0.0712. The summed E-state index contributed by atoms with van der Waals surface area (Å²) in [5.74, 6) is 0.977. The molecule has 0 aromatic heterocycles. The molecule has 0 radical (unpaired) electrons. The average Bonchev–Trinajstić information content (AvgIpc) is 2.63. The van der Waals surface area contributed by atoms with Crippen LogP contribution in [0.25, 0.3) is 0 Å². The van der Waals surface area contributed by atoms with Crippen LogP contribution in [0.2, 0.25) is 0 Å². The van der Waals surface area contributed by atoms with E-state index in [0.29, 0.717) is 6.54 Å². The highest BCUT2D eigenvalue weighted by atomic mass is 16.5. The van der Waals surface area contributed by atoms with Crippen LogP contribution in [0.5, 0.6) is 5.75 Å². The molecule has 1 aliphatic heterocycles. The Kier molecular flexibility index (Phi) is 5.33. The van der Waals surface area contributed by atoms with Crippen LogP contribution in [-0.4, -0.2) is 45.7 Å². The highest BCUT2D eigenvalue weighted by molar-refractivity contribution is 5.91. The van der Waals surface area contributed by atoms with Crippen LogP contribution in [0.4, 0.5) is 11.4 Å². The molecule has 5 nitrogen and oxygen atoms in total. The summed E-state index contributed by atoms with van der Waals surface area (Å²) in [6.45, 7) is 4.25. The van der Waals surface area contributed by atoms with Gasteiger partial charge in [0.05, 0.1) is 39.0 Å². The van der Waals surface area contributed by atoms with E-state index in [4.69, 9.17) is 4.74 Å². The second-order valence-corrected chi connectivity index (χ2v) is 6.00. The lowest BCUT2D eigenvalue weighted by Crippen LogP contribution is -3.15. The maximum Gasteiger partial charge on any atom is 0.279 e. The molecule has 2 N–H and O–H groups in total. The Morgan fingerprint density at radius 1 is 1.08 bits per heavy atom. The predicted molar refractivity (Wildman–Crippen MR) is 95.8 cm³/mol. The Balaban J connectivity index is 1.51. The molecule has 1 saturated heterocycles. The van der Waals surface area contributed by atoms with Crippen molar-refractivity contribution in [2.24, 2.45) is 0 Å². The largest absolute Gasteiger partial charge is 0.495 e. The molecule has 0 bridgehead atoms. The third-order valence-corrected chi connectivity index (χ3v) is 4.36. The smallest absolute Gasteiger partial charge is 0.279 e. The van der Waals surface area contributed by atoms with Crippen molar-refractivity contribution < 1.29 is 14.4 Å². The summed E-state index contributed by atoms with van der Waals surface area (Å²) in [4.78, 5) is 15.8. The van der Waals surface area contributed by atoms with E-state index in [1.54, 1.807) is 7.11 Å². The molecule has 3 rings (SSSR count). The highest BCUT2D eigenvalue weighted by Crippen LogP contribution is 2.27. The maximum absolute atomic E-state index is 12.2. The lowest BCUT2D eigenvalue weighted by atomic mass is 10.2. The molecule has 0 saturated carbocycles. The van der Waals surface area contributed by atoms with Gasteiger partial charge >= 0.3 is 0 Å². The number of ether oxygens (including phenoxy) is 1. The van der Waals surface area contributed by atoms with E-state index < -0.39 is 0 Å². The van der Waals surface area contributed by atoms with E-state index >= 15 is 0 Å². The molecule has 1 amide bonds. The predicted octanol–water partition coefficient (Wildman–Crippen LogP) is 1.04. The van der Waals surface area contributed by atoms with Gasteiger partial charge in [-0.3, -0.25) is 4.79 Å². The van der Waals surface area contributed by atoms with Gasteiger partial charge in [0.15, 0.2) is 6.54 Å². The van der Waals surface area contributed by atoms with Crippen LogP contribution in [0.15, 0.2) is 54.6 Å². The number of carbonyl (C=O) groups excluding carboxylic acids is 1. The number of anilines is 2. The summed E-state index contributed by atoms with van der Waals surface area (Å²) in [7, 11) is 1.70. The van der Waals surface area contributed by atoms with E-state index in [9.17, 15) is 4.79 Å². The number of amides is 1. The molecule has 0 spiro atoms. The van der Waals surface area contributed by atoms with Gasteiger partial charge in [0.2, 0.25) is 0 Å². The second-order valence-electron chi connectivity index (χ2n) is 6.00. The van der Waals surface area contributed by atoms with Crippen LogP contribution < -0.4 is 19.9 Å². The van der Waals surface area contributed by atoms with E-state index in [1.165, 1.54) is 4.90 Å². The fourth-order valence-corrected chi connectivity index (χ4v) is 3.09. The van der Waals surface area contributed by atoms with E-state index in [2.05, 4.69) is 16.3 Å². The molecule has 24 heavy (non-hydrogen) atoms. The topological polar surface area (TPSA) is 46.0 Å². The molecule has 1 aliphatic rings. The number of hydrogen-bond acceptors (Lipinski definition) is 3. The zero-order valence-electron chi connectivity index (χ0n) is 14.0. The highest BCUT2D eigenvalue weighted by Gasteiger charge is 2.23. The van der Waals surface area contributed by atoms with Crippen LogP contribution in [0.3, 0.4) is 0 Å². The van der Waals surface area contributed by atoms with Crippen molar-refractivity contribution >= 4 is 17.3 Å². The van der Waals surface area contributed by atoms with Crippen molar-refractivity contribution in [2.75, 3.05) is 50.1 Å². The van der Waals surface area contributed by atoms with Gasteiger partial charge in [-0.25, -0.2) is 0 Å². The van der Waals surface area contributed by atoms with Crippen molar-refractivity contribution in [2.45, 2.75) is 0 Å². The number of quaternary nitrogens is 1. The first kappa shape index (κ1) is 16.3. The van der Waals surface area contributed by atoms with E-state index in [-0.39, 0.29) is 5.91 Å². The van der Waals surface area contributed by atoms with Gasteiger partial charge in [-0.2, -0.15) is 0 Å². The van der Waals surface area contributed by atoms with Crippen molar-refractivity contribution in [3.05, 3.63) is 54.6 Å². The van der Waals surface area contributed by atoms with Gasteiger partial charge in [0.25, 0.3) is 5.91 Å². The number of rotatable bonds is 5. The van der Waals surface area contributed by atoms with Crippen LogP contribution >= 0.6 is 0 Å². The van der Waals surface area contributed by atoms with E-state index in [0.717, 1.165) is 43.3 Å². The summed E-state index contributed by atoms with van der Waals surface area (Å²) in [5.41, 5.74) is 1.99. The molecule has 0 atom stereocenters. The Morgan fingerprint density at radius 2 is 1.75 bits per heavy atom. The Bertz CT molecular complexity index is 667. The molecule has 0 unspecified atom stereocenters. The Labute approximate surface area is 142 Å². The van der Waals surface area contributed by atoms with Gasteiger partial charge < -0.3 is 19.9 Å². The average molecular weight is 326 g/mol. The van der Waals surface area contributed by atoms with E-state index in [1.807, 2.05) is 48.5 Å². The van der Waals surface area contributed by atoms with Crippen molar-refractivity contribution in [1.29, 1.82) is 0 Å². The molecular formula is C19H24N3O2+. The number of hydrogen-bond donors (Lipinski definition) is 2. The number of para-hydroxylation sites is 3. The lowest BCUT2D eigenvalue weighted by Gasteiger charge is -2.34. The number of carbonyl (C=O) groups is 1. The normalized spacial score (nSPS) is 15.1. The maximum atomic E-state index is 12.2. The molecule has 126 valence electrons. The van der Waals surface area contributed by atoms with Gasteiger partial charge in [-0.05, 0) is 24.3 Å². The summed E-state index contributed by atoms with van der Waals surface area (Å²) in [6.07, 6.45) is 0. The zero-order chi connectivity index (χ0) is 16.8. The molecule has 1 fully saturated rings. The molecular weight excluding hydrogens is 302 g/mol.